The number of halogens is 1. The summed E-state index contributed by atoms with van der Waals surface area (Å²) in [5.41, 5.74) is 1.79. The van der Waals surface area contributed by atoms with Gasteiger partial charge in [0.1, 0.15) is 5.82 Å². The fourth-order valence-corrected chi connectivity index (χ4v) is 1.90. The molecule has 1 aromatic heterocycles. The molecule has 0 saturated carbocycles. The molecule has 0 amide bonds. The quantitative estimate of drug-likeness (QED) is 0.606. The maximum atomic E-state index is 13.7. The van der Waals surface area contributed by atoms with Gasteiger partial charge in [-0.05, 0) is 12.1 Å². The van der Waals surface area contributed by atoms with E-state index in [4.69, 9.17) is 0 Å². The van der Waals surface area contributed by atoms with Crippen molar-refractivity contribution in [3.05, 3.63) is 66.6 Å². The minimum atomic E-state index is -0.206. The van der Waals surface area contributed by atoms with Crippen LogP contribution in [-0.4, -0.2) is 4.98 Å². The topological polar surface area (TPSA) is 12.9 Å². The van der Waals surface area contributed by atoms with Gasteiger partial charge >= 0.3 is 0 Å². The van der Waals surface area contributed by atoms with Crippen LogP contribution >= 0.6 is 0 Å². The standard InChI is InChI=1S/C15H10FN/c16-14-8-4-7-12-10-17-15(9-13(12)14)11-5-2-1-3-6-11/h1-10H. The van der Waals surface area contributed by atoms with Gasteiger partial charge in [-0.3, -0.25) is 4.98 Å². The second-order valence-corrected chi connectivity index (χ2v) is 3.90. The Morgan fingerprint density at radius 3 is 2.53 bits per heavy atom. The molecule has 0 aliphatic heterocycles. The molecule has 82 valence electrons. The number of pyridine rings is 1. The molecule has 17 heavy (non-hydrogen) atoms. The van der Waals surface area contributed by atoms with E-state index in [2.05, 4.69) is 4.98 Å². The Hall–Kier alpha value is -2.22. The lowest BCUT2D eigenvalue weighted by molar-refractivity contribution is 0.640. The van der Waals surface area contributed by atoms with Crippen LogP contribution < -0.4 is 0 Å². The van der Waals surface area contributed by atoms with Crippen LogP contribution in [0.2, 0.25) is 0 Å². The zero-order valence-electron chi connectivity index (χ0n) is 9.10. The van der Waals surface area contributed by atoms with E-state index in [1.807, 2.05) is 36.4 Å². The Kier molecular flexibility index (Phi) is 2.33. The predicted molar refractivity (Wildman–Crippen MR) is 67.1 cm³/mol. The van der Waals surface area contributed by atoms with E-state index in [-0.39, 0.29) is 5.82 Å². The van der Waals surface area contributed by atoms with E-state index < -0.39 is 0 Å². The first-order valence-electron chi connectivity index (χ1n) is 5.44. The zero-order chi connectivity index (χ0) is 11.7. The number of nitrogens with zero attached hydrogens (tertiary/aromatic N) is 1. The van der Waals surface area contributed by atoms with Crippen LogP contribution in [0.3, 0.4) is 0 Å². The van der Waals surface area contributed by atoms with Gasteiger partial charge in [0.2, 0.25) is 0 Å². The average molecular weight is 223 g/mol. The van der Waals surface area contributed by atoms with Gasteiger partial charge in [0, 0.05) is 22.5 Å². The van der Waals surface area contributed by atoms with Crippen molar-refractivity contribution in [1.29, 1.82) is 0 Å². The number of hydrogen-bond acceptors (Lipinski definition) is 1. The van der Waals surface area contributed by atoms with Crippen LogP contribution in [0.1, 0.15) is 0 Å². The minimum Gasteiger partial charge on any atom is -0.256 e. The monoisotopic (exact) mass is 223 g/mol. The Morgan fingerprint density at radius 2 is 1.71 bits per heavy atom. The second kappa shape index (κ2) is 3.98. The predicted octanol–water partition coefficient (Wildman–Crippen LogP) is 4.04. The molecule has 0 fully saturated rings. The molecule has 3 aromatic rings. The molecule has 1 heterocycles. The first-order chi connectivity index (χ1) is 8.34. The van der Waals surface area contributed by atoms with Crippen molar-refractivity contribution in [2.75, 3.05) is 0 Å². The molecule has 0 N–H and O–H groups in total. The molecule has 2 heteroatoms. The van der Waals surface area contributed by atoms with Crippen LogP contribution in [0.5, 0.6) is 0 Å². The fraction of sp³-hybridized carbons (Fsp3) is 0. The summed E-state index contributed by atoms with van der Waals surface area (Å²) in [7, 11) is 0. The van der Waals surface area contributed by atoms with E-state index in [0.29, 0.717) is 5.39 Å². The maximum Gasteiger partial charge on any atom is 0.131 e. The Balaban J connectivity index is 2.23. The molecule has 0 atom stereocenters. The Morgan fingerprint density at radius 1 is 0.882 bits per heavy atom. The summed E-state index contributed by atoms with van der Waals surface area (Å²) in [6, 6.07) is 16.6. The van der Waals surface area contributed by atoms with Crippen molar-refractivity contribution in [2.45, 2.75) is 0 Å². The van der Waals surface area contributed by atoms with Crippen LogP contribution in [0.25, 0.3) is 22.0 Å². The van der Waals surface area contributed by atoms with Gasteiger partial charge in [0.05, 0.1) is 5.69 Å². The molecular formula is C15H10FN. The van der Waals surface area contributed by atoms with Crippen LogP contribution in [0, 0.1) is 5.82 Å². The lowest BCUT2D eigenvalue weighted by Gasteiger charge is -2.03. The average Bonchev–Trinajstić information content (AvgIpc) is 2.40. The molecule has 0 saturated heterocycles. The highest BCUT2D eigenvalue weighted by Crippen LogP contribution is 2.23. The molecular weight excluding hydrogens is 213 g/mol. The third-order valence-electron chi connectivity index (χ3n) is 2.78. The first-order valence-corrected chi connectivity index (χ1v) is 5.44. The summed E-state index contributed by atoms with van der Waals surface area (Å²) in [5, 5.41) is 1.44. The van der Waals surface area contributed by atoms with Gasteiger partial charge in [-0.25, -0.2) is 4.39 Å². The lowest BCUT2D eigenvalue weighted by Crippen LogP contribution is -1.86. The fourth-order valence-electron chi connectivity index (χ4n) is 1.90. The summed E-state index contributed by atoms with van der Waals surface area (Å²) < 4.78 is 13.7. The SMILES string of the molecule is Fc1cccc2cnc(-c3ccccc3)cc12. The molecule has 0 unspecified atom stereocenters. The number of benzene rings is 2. The molecule has 3 rings (SSSR count). The van der Waals surface area contributed by atoms with Gasteiger partial charge < -0.3 is 0 Å². The van der Waals surface area contributed by atoms with Gasteiger partial charge in [-0.1, -0.05) is 42.5 Å². The van der Waals surface area contributed by atoms with Gasteiger partial charge in [-0.2, -0.15) is 0 Å². The zero-order valence-corrected chi connectivity index (χ0v) is 9.10. The normalized spacial score (nSPS) is 10.6. The molecule has 0 bridgehead atoms. The molecule has 0 aliphatic carbocycles. The van der Waals surface area contributed by atoms with Crippen molar-refractivity contribution in [3.8, 4) is 11.3 Å². The highest BCUT2D eigenvalue weighted by atomic mass is 19.1. The summed E-state index contributed by atoms with van der Waals surface area (Å²) in [5.74, 6) is -0.206. The van der Waals surface area contributed by atoms with E-state index in [9.17, 15) is 4.39 Å². The summed E-state index contributed by atoms with van der Waals surface area (Å²) in [6.45, 7) is 0. The van der Waals surface area contributed by atoms with E-state index in [1.54, 1.807) is 18.3 Å². The van der Waals surface area contributed by atoms with Crippen molar-refractivity contribution < 1.29 is 4.39 Å². The van der Waals surface area contributed by atoms with E-state index >= 15 is 0 Å². The number of hydrogen-bond donors (Lipinski definition) is 0. The maximum absolute atomic E-state index is 13.7. The lowest BCUT2D eigenvalue weighted by atomic mass is 10.1. The van der Waals surface area contributed by atoms with Crippen molar-refractivity contribution in [3.63, 3.8) is 0 Å². The Bertz CT molecular complexity index is 662. The van der Waals surface area contributed by atoms with Gasteiger partial charge in [0.15, 0.2) is 0 Å². The highest BCUT2D eigenvalue weighted by Gasteiger charge is 2.03. The molecule has 2 aromatic carbocycles. The molecule has 0 spiro atoms. The smallest absolute Gasteiger partial charge is 0.131 e. The molecule has 1 nitrogen and oxygen atoms in total. The highest BCUT2D eigenvalue weighted by molar-refractivity contribution is 5.85. The number of fused-ring (bicyclic) bond motifs is 1. The summed E-state index contributed by atoms with van der Waals surface area (Å²) in [4.78, 5) is 4.35. The largest absolute Gasteiger partial charge is 0.256 e. The van der Waals surface area contributed by atoms with E-state index in [0.717, 1.165) is 16.6 Å². The van der Waals surface area contributed by atoms with Crippen LogP contribution in [0.15, 0.2) is 60.8 Å². The van der Waals surface area contributed by atoms with Crippen molar-refractivity contribution in [2.24, 2.45) is 0 Å². The van der Waals surface area contributed by atoms with Crippen LogP contribution in [0.4, 0.5) is 4.39 Å². The summed E-state index contributed by atoms with van der Waals surface area (Å²) in [6.07, 6.45) is 1.71. The van der Waals surface area contributed by atoms with Crippen molar-refractivity contribution in [1.82, 2.24) is 4.98 Å². The molecule has 0 radical (unpaired) electrons. The van der Waals surface area contributed by atoms with Crippen molar-refractivity contribution >= 4 is 10.8 Å². The third-order valence-corrected chi connectivity index (χ3v) is 2.78. The number of rotatable bonds is 1. The molecule has 0 aliphatic rings. The second-order valence-electron chi connectivity index (χ2n) is 3.90. The first kappa shape index (κ1) is 9.97. The van der Waals surface area contributed by atoms with Crippen LogP contribution in [-0.2, 0) is 0 Å². The third kappa shape index (κ3) is 1.78. The number of aromatic nitrogens is 1. The Labute approximate surface area is 98.6 Å². The van der Waals surface area contributed by atoms with Gasteiger partial charge in [0.25, 0.3) is 0 Å². The van der Waals surface area contributed by atoms with E-state index in [1.165, 1.54) is 6.07 Å². The van der Waals surface area contributed by atoms with Gasteiger partial charge in [-0.15, -0.1) is 0 Å². The summed E-state index contributed by atoms with van der Waals surface area (Å²) >= 11 is 0. The minimum absolute atomic E-state index is 0.206.